The van der Waals surface area contributed by atoms with Gasteiger partial charge in [0.1, 0.15) is 11.6 Å². The van der Waals surface area contributed by atoms with Crippen molar-refractivity contribution < 1.29 is 13.9 Å². The summed E-state index contributed by atoms with van der Waals surface area (Å²) in [5.41, 5.74) is 3.11. The smallest absolute Gasteiger partial charge is 0.262 e. The Bertz CT molecular complexity index is 1170. The Morgan fingerprint density at radius 2 is 2.07 bits per heavy atom. The van der Waals surface area contributed by atoms with Crippen LogP contribution in [0, 0.1) is 5.82 Å². The highest BCUT2D eigenvalue weighted by molar-refractivity contribution is 7.07. The first-order valence-corrected chi connectivity index (χ1v) is 11.0. The van der Waals surface area contributed by atoms with Gasteiger partial charge in [-0.25, -0.2) is 9.38 Å². The molecule has 2 aromatic carbocycles. The largest absolute Gasteiger partial charge is 0.482 e. The van der Waals surface area contributed by atoms with Crippen molar-refractivity contribution in [3.05, 3.63) is 57.4 Å². The van der Waals surface area contributed by atoms with E-state index in [2.05, 4.69) is 23.7 Å². The second-order valence-electron chi connectivity index (χ2n) is 7.00. The summed E-state index contributed by atoms with van der Waals surface area (Å²) >= 11 is 7.30. The summed E-state index contributed by atoms with van der Waals surface area (Å²) in [5, 5.41) is 4.97. The molecule has 1 amide bonds. The number of anilines is 1. The molecule has 0 atom stereocenters. The fourth-order valence-electron chi connectivity index (χ4n) is 3.53. The second kappa shape index (κ2) is 8.62. The highest BCUT2D eigenvalue weighted by Gasteiger charge is 2.19. The maximum Gasteiger partial charge on any atom is 0.262 e. The van der Waals surface area contributed by atoms with Crippen LogP contribution in [-0.4, -0.2) is 17.1 Å². The molecule has 0 bridgehead atoms. The molecule has 156 valence electrons. The Hall–Kier alpha value is -2.64. The minimum absolute atomic E-state index is 0.0270. The fraction of sp³-hybridized carbons (Fsp3) is 0.273. The maximum absolute atomic E-state index is 13.9. The molecule has 0 fully saturated rings. The van der Waals surface area contributed by atoms with E-state index in [0.29, 0.717) is 17.1 Å². The summed E-state index contributed by atoms with van der Waals surface area (Å²) < 4.78 is 21.5. The normalized spacial score (nSPS) is 13.9. The number of nitrogens with one attached hydrogen (secondary N) is 1. The van der Waals surface area contributed by atoms with Gasteiger partial charge in [0.15, 0.2) is 11.4 Å². The van der Waals surface area contributed by atoms with Crippen molar-refractivity contribution in [1.82, 2.24) is 4.57 Å². The topological polar surface area (TPSA) is 55.6 Å². The molecule has 5 nitrogen and oxygen atoms in total. The van der Waals surface area contributed by atoms with Gasteiger partial charge < -0.3 is 14.6 Å². The first kappa shape index (κ1) is 20.6. The van der Waals surface area contributed by atoms with Gasteiger partial charge in [-0.3, -0.25) is 4.79 Å². The number of thiazole rings is 1. The molecule has 2 heterocycles. The zero-order valence-electron chi connectivity index (χ0n) is 16.6. The lowest BCUT2D eigenvalue weighted by molar-refractivity contribution is -0.118. The summed E-state index contributed by atoms with van der Waals surface area (Å²) in [4.78, 5) is 17.2. The van der Waals surface area contributed by atoms with E-state index in [9.17, 15) is 9.18 Å². The fourth-order valence-corrected chi connectivity index (χ4v) is 4.63. The third-order valence-electron chi connectivity index (χ3n) is 5.09. The minimum Gasteiger partial charge on any atom is -0.482 e. The zero-order chi connectivity index (χ0) is 21.3. The first-order chi connectivity index (χ1) is 14.5. The van der Waals surface area contributed by atoms with Gasteiger partial charge in [0.05, 0.1) is 22.1 Å². The summed E-state index contributed by atoms with van der Waals surface area (Å²) in [7, 11) is 0. The second-order valence-corrected chi connectivity index (χ2v) is 8.25. The maximum atomic E-state index is 13.9. The highest BCUT2D eigenvalue weighted by Crippen LogP contribution is 2.34. The van der Waals surface area contributed by atoms with Crippen LogP contribution >= 0.6 is 22.9 Å². The van der Waals surface area contributed by atoms with Crippen molar-refractivity contribution in [3.63, 3.8) is 0 Å². The third kappa shape index (κ3) is 4.00. The van der Waals surface area contributed by atoms with Crippen molar-refractivity contribution in [2.75, 3.05) is 11.9 Å². The van der Waals surface area contributed by atoms with E-state index in [-0.39, 0.29) is 23.6 Å². The van der Waals surface area contributed by atoms with E-state index in [1.807, 2.05) is 23.6 Å². The Morgan fingerprint density at radius 1 is 1.27 bits per heavy atom. The SMILES string of the molecule is CCC(CC)n1c(-c2ccc3c(c2)NC(=O)CO3)csc1=Nc1ccc(Cl)c(F)c1. The molecule has 8 heteroatoms. The number of aromatic nitrogens is 1. The van der Waals surface area contributed by atoms with Gasteiger partial charge >= 0.3 is 0 Å². The van der Waals surface area contributed by atoms with Crippen LogP contribution in [0.15, 0.2) is 46.8 Å². The number of carbonyl (C=O) groups is 1. The van der Waals surface area contributed by atoms with Gasteiger partial charge in [-0.05, 0) is 43.2 Å². The number of rotatable bonds is 5. The molecular formula is C22H21ClFN3O2S. The van der Waals surface area contributed by atoms with Gasteiger partial charge in [0.2, 0.25) is 0 Å². The number of amides is 1. The lowest BCUT2D eigenvalue weighted by Gasteiger charge is -2.21. The summed E-state index contributed by atoms with van der Waals surface area (Å²) in [6.07, 6.45) is 1.85. The molecule has 0 radical (unpaired) electrons. The number of hydrogen-bond acceptors (Lipinski definition) is 4. The number of benzene rings is 2. The van der Waals surface area contributed by atoms with Crippen LogP contribution in [-0.2, 0) is 4.79 Å². The average molecular weight is 446 g/mol. The van der Waals surface area contributed by atoms with E-state index >= 15 is 0 Å². The summed E-state index contributed by atoms with van der Waals surface area (Å²) in [6, 6.07) is 10.5. The Kier molecular flexibility index (Phi) is 5.92. The molecule has 30 heavy (non-hydrogen) atoms. The van der Waals surface area contributed by atoms with Gasteiger partial charge in [0.25, 0.3) is 5.91 Å². The molecule has 1 aliphatic rings. The van der Waals surface area contributed by atoms with Crippen LogP contribution < -0.4 is 14.9 Å². The number of hydrogen-bond donors (Lipinski definition) is 1. The molecule has 0 saturated heterocycles. The van der Waals surface area contributed by atoms with Gasteiger partial charge in [-0.1, -0.05) is 25.4 Å². The molecule has 0 unspecified atom stereocenters. The van der Waals surface area contributed by atoms with Crippen molar-refractivity contribution >= 4 is 40.2 Å². The van der Waals surface area contributed by atoms with Crippen molar-refractivity contribution in [2.24, 2.45) is 4.99 Å². The van der Waals surface area contributed by atoms with E-state index in [4.69, 9.17) is 21.3 Å². The Labute approximate surface area is 182 Å². The third-order valence-corrected chi connectivity index (χ3v) is 6.23. The quantitative estimate of drug-likeness (QED) is 0.528. The molecular weight excluding hydrogens is 425 g/mol. The molecule has 0 aliphatic carbocycles. The van der Waals surface area contributed by atoms with Crippen molar-refractivity contribution in [2.45, 2.75) is 32.7 Å². The van der Waals surface area contributed by atoms with Crippen LogP contribution in [0.1, 0.15) is 32.7 Å². The van der Waals surface area contributed by atoms with E-state index in [1.165, 1.54) is 23.5 Å². The minimum atomic E-state index is -0.491. The molecule has 1 N–H and O–H groups in total. The van der Waals surface area contributed by atoms with Crippen LogP contribution in [0.4, 0.5) is 15.8 Å². The van der Waals surface area contributed by atoms with E-state index in [0.717, 1.165) is 28.9 Å². The molecule has 1 aliphatic heterocycles. The number of nitrogens with zero attached hydrogens (tertiary/aromatic N) is 2. The van der Waals surface area contributed by atoms with Gasteiger partial charge in [-0.2, -0.15) is 0 Å². The Morgan fingerprint density at radius 3 is 2.80 bits per heavy atom. The number of carbonyl (C=O) groups excluding carboxylic acids is 1. The van der Waals surface area contributed by atoms with Crippen molar-refractivity contribution in [1.29, 1.82) is 0 Å². The lowest BCUT2D eigenvalue weighted by Crippen LogP contribution is -2.25. The highest BCUT2D eigenvalue weighted by atomic mass is 35.5. The number of fused-ring (bicyclic) bond motifs is 1. The van der Waals surface area contributed by atoms with Crippen molar-refractivity contribution in [3.8, 4) is 17.0 Å². The van der Waals surface area contributed by atoms with Crippen LogP contribution in [0.3, 0.4) is 0 Å². The van der Waals surface area contributed by atoms with Crippen LogP contribution in [0.2, 0.25) is 5.02 Å². The Balaban J connectivity index is 1.85. The number of halogens is 2. The van der Waals surface area contributed by atoms with E-state index < -0.39 is 5.82 Å². The molecule has 1 aromatic heterocycles. The predicted molar refractivity (Wildman–Crippen MR) is 118 cm³/mol. The number of ether oxygens (including phenoxy) is 1. The van der Waals surface area contributed by atoms with Crippen LogP contribution in [0.5, 0.6) is 5.75 Å². The summed E-state index contributed by atoms with van der Waals surface area (Å²) in [5.74, 6) is -0.00304. The van der Waals surface area contributed by atoms with E-state index in [1.54, 1.807) is 6.07 Å². The molecule has 0 spiro atoms. The predicted octanol–water partition coefficient (Wildman–Crippen LogP) is 5.93. The molecule has 4 rings (SSSR count). The summed E-state index contributed by atoms with van der Waals surface area (Å²) in [6.45, 7) is 4.30. The van der Waals surface area contributed by atoms with Crippen LogP contribution in [0.25, 0.3) is 11.3 Å². The zero-order valence-corrected chi connectivity index (χ0v) is 18.2. The molecule has 3 aromatic rings. The average Bonchev–Trinajstić information content (AvgIpc) is 3.14. The first-order valence-electron chi connectivity index (χ1n) is 9.77. The molecule has 0 saturated carbocycles. The lowest BCUT2D eigenvalue weighted by atomic mass is 10.1. The standard InChI is InChI=1S/C22H21ClFN3O2S/c1-3-15(4-2)27-19(13-5-8-20-18(9-13)26-21(28)11-29-20)12-30-22(27)25-14-6-7-16(23)17(24)10-14/h5-10,12,15H,3-4,11H2,1-2H3,(H,26,28). The van der Waals surface area contributed by atoms with Gasteiger partial charge in [-0.15, -0.1) is 11.3 Å². The van der Waals surface area contributed by atoms with Gasteiger partial charge in [0, 0.05) is 23.1 Å². The monoisotopic (exact) mass is 445 g/mol.